The number of rotatable bonds is 4. The highest BCUT2D eigenvalue weighted by atomic mass is 35.5. The number of carbonyl (C=O) groups is 1. The molecule has 7 nitrogen and oxygen atoms in total. The van der Waals surface area contributed by atoms with Gasteiger partial charge in [-0.15, -0.1) is 13.2 Å². The van der Waals surface area contributed by atoms with Crippen LogP contribution in [0.15, 0.2) is 59.9 Å². The molecule has 1 amide bonds. The Morgan fingerprint density at radius 3 is 2.64 bits per heavy atom. The molecule has 0 radical (unpaired) electrons. The molecular formula is C22H16ClF3N4O3. The number of aliphatic imine (C=N–C) groups is 1. The second kappa shape index (κ2) is 8.62. The van der Waals surface area contributed by atoms with Crippen LogP contribution in [-0.2, 0) is 4.79 Å². The maximum Gasteiger partial charge on any atom is 0.573 e. The van der Waals surface area contributed by atoms with E-state index in [1.165, 1.54) is 19.3 Å². The number of pyridine rings is 1. The van der Waals surface area contributed by atoms with Crippen molar-refractivity contribution in [3.63, 3.8) is 0 Å². The van der Waals surface area contributed by atoms with Crippen molar-refractivity contribution in [2.45, 2.75) is 12.4 Å². The summed E-state index contributed by atoms with van der Waals surface area (Å²) in [5, 5.41) is 0.454. The summed E-state index contributed by atoms with van der Waals surface area (Å²) >= 11 is 6.06. The van der Waals surface area contributed by atoms with Crippen molar-refractivity contribution >= 4 is 24.0 Å². The van der Waals surface area contributed by atoms with Gasteiger partial charge in [0.15, 0.2) is 5.96 Å². The zero-order valence-electron chi connectivity index (χ0n) is 17.0. The Labute approximate surface area is 191 Å². The van der Waals surface area contributed by atoms with E-state index in [2.05, 4.69) is 14.7 Å². The van der Waals surface area contributed by atoms with E-state index in [0.717, 1.165) is 28.2 Å². The molecule has 1 aromatic heterocycles. The smallest absolute Gasteiger partial charge is 0.456 e. The topological polar surface area (TPSA) is 90.0 Å². The third kappa shape index (κ3) is 4.85. The summed E-state index contributed by atoms with van der Waals surface area (Å²) in [5.41, 5.74) is 8.49. The highest BCUT2D eigenvalue weighted by Gasteiger charge is 2.33. The van der Waals surface area contributed by atoms with Crippen molar-refractivity contribution in [3.8, 4) is 28.4 Å². The highest BCUT2D eigenvalue weighted by molar-refractivity contribution is 6.30. The predicted molar refractivity (Wildman–Crippen MR) is 115 cm³/mol. The molecule has 0 aliphatic carbocycles. The molecule has 1 unspecified atom stereocenters. The van der Waals surface area contributed by atoms with Gasteiger partial charge in [0, 0.05) is 42.2 Å². The Kier molecular flexibility index (Phi) is 5.86. The number of halogens is 4. The summed E-state index contributed by atoms with van der Waals surface area (Å²) in [5.74, 6) is -0.0382. The minimum absolute atomic E-state index is 0.0840. The lowest BCUT2D eigenvalue weighted by molar-refractivity contribution is -0.274. The van der Waals surface area contributed by atoms with Gasteiger partial charge in [-0.1, -0.05) is 17.7 Å². The Morgan fingerprint density at radius 2 is 1.94 bits per heavy atom. The van der Waals surface area contributed by atoms with Crippen molar-refractivity contribution in [3.05, 3.63) is 71.0 Å². The van der Waals surface area contributed by atoms with Crippen molar-refractivity contribution in [1.29, 1.82) is 0 Å². The molecule has 33 heavy (non-hydrogen) atoms. The van der Waals surface area contributed by atoms with E-state index in [1.807, 2.05) is 0 Å². The first kappa shape index (κ1) is 22.4. The normalized spacial score (nSPS) is 15.2. The van der Waals surface area contributed by atoms with Gasteiger partial charge in [-0.25, -0.2) is 4.99 Å². The fourth-order valence-electron chi connectivity index (χ4n) is 3.33. The van der Waals surface area contributed by atoms with Gasteiger partial charge in [-0.05, 0) is 35.9 Å². The minimum atomic E-state index is -4.85. The first-order chi connectivity index (χ1) is 15.6. The molecule has 11 heteroatoms. The molecule has 170 valence electrons. The van der Waals surface area contributed by atoms with E-state index in [9.17, 15) is 18.0 Å². The molecule has 2 heterocycles. The first-order valence-electron chi connectivity index (χ1n) is 9.48. The number of nitrogens with two attached hydrogens (primary N) is 1. The Bertz CT molecular complexity index is 1250. The standard InChI is InChI=1S/C22H16ClF3N4O3/c1-30(11-31)21(27)29-20-16-4-3-15(33-22(24,25)26)8-19(16)32-18-5-2-12(7-17(18)20)13-6-14(23)10-28-9-13/h2-11,20H,1H3,(H2,27,29). The molecule has 0 fully saturated rings. The second-order valence-corrected chi connectivity index (χ2v) is 7.54. The molecule has 0 bridgehead atoms. The number of fused-ring (bicyclic) bond motifs is 2. The van der Waals surface area contributed by atoms with Gasteiger partial charge in [-0.2, -0.15) is 0 Å². The van der Waals surface area contributed by atoms with Crippen LogP contribution in [0.1, 0.15) is 17.2 Å². The van der Waals surface area contributed by atoms with E-state index in [1.54, 1.807) is 30.5 Å². The quantitative estimate of drug-likeness (QED) is 0.328. The van der Waals surface area contributed by atoms with E-state index in [-0.39, 0.29) is 11.7 Å². The fourth-order valence-corrected chi connectivity index (χ4v) is 3.51. The van der Waals surface area contributed by atoms with Crippen LogP contribution < -0.4 is 15.2 Å². The number of aromatic nitrogens is 1. The van der Waals surface area contributed by atoms with E-state index < -0.39 is 18.2 Å². The molecule has 2 N–H and O–H groups in total. The average molecular weight is 477 g/mol. The Hall–Kier alpha value is -3.79. The van der Waals surface area contributed by atoms with Crippen LogP contribution in [0.5, 0.6) is 17.2 Å². The number of amides is 1. The van der Waals surface area contributed by atoms with E-state index in [0.29, 0.717) is 28.3 Å². The van der Waals surface area contributed by atoms with Crippen LogP contribution in [0.3, 0.4) is 0 Å². The van der Waals surface area contributed by atoms with Gasteiger partial charge in [0.1, 0.15) is 23.3 Å². The minimum Gasteiger partial charge on any atom is -0.456 e. The molecule has 1 aliphatic heterocycles. The molecule has 0 saturated carbocycles. The van der Waals surface area contributed by atoms with Crippen LogP contribution in [0, 0.1) is 0 Å². The maximum absolute atomic E-state index is 12.7. The molecule has 0 saturated heterocycles. The molecule has 0 spiro atoms. The van der Waals surface area contributed by atoms with Gasteiger partial charge in [0.2, 0.25) is 6.41 Å². The van der Waals surface area contributed by atoms with Crippen LogP contribution in [0.4, 0.5) is 13.2 Å². The summed E-state index contributed by atoms with van der Waals surface area (Å²) in [7, 11) is 1.43. The summed E-state index contributed by atoms with van der Waals surface area (Å²) in [6.07, 6.45) is -1.21. The van der Waals surface area contributed by atoms with Gasteiger partial charge in [0.25, 0.3) is 0 Å². The zero-order chi connectivity index (χ0) is 23.8. The number of carbonyl (C=O) groups excluding carboxylic acids is 1. The molecular weight excluding hydrogens is 461 g/mol. The third-order valence-electron chi connectivity index (χ3n) is 4.86. The molecule has 3 aromatic rings. The summed E-state index contributed by atoms with van der Waals surface area (Å²) in [4.78, 5) is 20.7. The maximum atomic E-state index is 12.7. The lowest BCUT2D eigenvalue weighted by Crippen LogP contribution is -2.33. The number of guanidine groups is 1. The molecule has 1 atom stereocenters. The number of hydrogen-bond acceptors (Lipinski definition) is 5. The van der Waals surface area contributed by atoms with E-state index >= 15 is 0 Å². The van der Waals surface area contributed by atoms with Gasteiger partial charge in [-0.3, -0.25) is 14.7 Å². The van der Waals surface area contributed by atoms with Gasteiger partial charge >= 0.3 is 6.36 Å². The lowest BCUT2D eigenvalue weighted by Gasteiger charge is -2.27. The van der Waals surface area contributed by atoms with Crippen LogP contribution in [0.25, 0.3) is 11.1 Å². The average Bonchev–Trinajstić information content (AvgIpc) is 2.76. The zero-order valence-corrected chi connectivity index (χ0v) is 17.8. The number of alkyl halides is 3. The predicted octanol–water partition coefficient (Wildman–Crippen LogP) is 4.90. The number of benzene rings is 2. The largest absolute Gasteiger partial charge is 0.573 e. The highest BCUT2D eigenvalue weighted by Crippen LogP contribution is 2.47. The van der Waals surface area contributed by atoms with Crippen molar-refractivity contribution < 1.29 is 27.4 Å². The van der Waals surface area contributed by atoms with Gasteiger partial charge in [0.05, 0.1) is 5.02 Å². The van der Waals surface area contributed by atoms with Crippen LogP contribution in [0.2, 0.25) is 5.02 Å². The molecule has 2 aromatic carbocycles. The number of nitrogens with zero attached hydrogens (tertiary/aromatic N) is 3. The monoisotopic (exact) mass is 476 g/mol. The molecule has 4 rings (SSSR count). The summed E-state index contributed by atoms with van der Waals surface area (Å²) in [6.45, 7) is 0. The number of hydrogen-bond donors (Lipinski definition) is 1. The summed E-state index contributed by atoms with van der Waals surface area (Å²) < 4.78 is 47.9. The Balaban J connectivity index is 1.83. The van der Waals surface area contributed by atoms with E-state index in [4.69, 9.17) is 22.1 Å². The SMILES string of the molecule is CN(C=O)/C(N)=N\C1c2ccc(OC(F)(F)F)cc2Oc2ccc(-c3cncc(Cl)c3)cc21. The number of ether oxygens (including phenoxy) is 2. The van der Waals surface area contributed by atoms with Crippen molar-refractivity contribution in [2.75, 3.05) is 7.05 Å². The fraction of sp³-hybridized carbons (Fsp3) is 0.136. The first-order valence-corrected chi connectivity index (χ1v) is 9.86. The second-order valence-electron chi connectivity index (χ2n) is 7.10. The Morgan fingerprint density at radius 1 is 1.15 bits per heavy atom. The third-order valence-corrected chi connectivity index (χ3v) is 5.06. The van der Waals surface area contributed by atoms with Crippen LogP contribution >= 0.6 is 11.6 Å². The molecule has 1 aliphatic rings. The lowest BCUT2D eigenvalue weighted by atomic mass is 9.92. The van der Waals surface area contributed by atoms with Gasteiger partial charge < -0.3 is 15.2 Å². The van der Waals surface area contributed by atoms with Crippen molar-refractivity contribution in [2.24, 2.45) is 10.7 Å². The summed E-state index contributed by atoms with van der Waals surface area (Å²) in [6, 6.07) is 9.89. The van der Waals surface area contributed by atoms with Crippen LogP contribution in [-0.4, -0.2) is 35.7 Å². The van der Waals surface area contributed by atoms with Crippen molar-refractivity contribution in [1.82, 2.24) is 9.88 Å².